The van der Waals surface area contributed by atoms with E-state index in [1.54, 1.807) is 25.3 Å². The number of furan rings is 1. The lowest BCUT2D eigenvalue weighted by Crippen LogP contribution is -2.17. The molecule has 0 fully saturated rings. The molecular weight excluding hydrogens is 272 g/mol. The molecule has 0 saturated carbocycles. The van der Waals surface area contributed by atoms with Crippen LogP contribution in [0.3, 0.4) is 0 Å². The van der Waals surface area contributed by atoms with Crippen LogP contribution < -0.4 is 10.1 Å². The number of nitrogens with zero attached hydrogens (tertiary/aromatic N) is 1. The molecule has 1 unspecified atom stereocenters. The van der Waals surface area contributed by atoms with Crippen LogP contribution in [0, 0.1) is 10.1 Å². The van der Waals surface area contributed by atoms with Crippen molar-refractivity contribution in [3.05, 3.63) is 52.5 Å². The molecule has 6 heteroatoms. The van der Waals surface area contributed by atoms with Gasteiger partial charge in [-0.25, -0.2) is 0 Å². The Kier molecular flexibility index (Phi) is 4.81. The Labute approximate surface area is 122 Å². The van der Waals surface area contributed by atoms with Crippen molar-refractivity contribution in [1.82, 2.24) is 0 Å². The third-order valence-corrected chi connectivity index (χ3v) is 2.96. The van der Waals surface area contributed by atoms with Crippen LogP contribution in [0.2, 0.25) is 0 Å². The molecule has 2 rings (SSSR count). The molecule has 0 aliphatic rings. The van der Waals surface area contributed by atoms with Gasteiger partial charge < -0.3 is 14.5 Å². The highest BCUT2D eigenvalue weighted by Gasteiger charge is 2.16. The second-order valence-corrected chi connectivity index (χ2v) is 4.70. The van der Waals surface area contributed by atoms with Gasteiger partial charge in [0, 0.05) is 30.3 Å². The van der Waals surface area contributed by atoms with Gasteiger partial charge in [-0.05, 0) is 32.0 Å². The van der Waals surface area contributed by atoms with Gasteiger partial charge in [-0.3, -0.25) is 10.1 Å². The largest absolute Gasteiger partial charge is 0.487 e. The predicted molar refractivity (Wildman–Crippen MR) is 79.8 cm³/mol. The summed E-state index contributed by atoms with van der Waals surface area (Å²) in [5, 5.41) is 14.2. The molecule has 1 N–H and O–H groups in total. The van der Waals surface area contributed by atoms with Gasteiger partial charge in [-0.2, -0.15) is 0 Å². The number of nitro benzene ring substituents is 1. The van der Waals surface area contributed by atoms with Crippen molar-refractivity contribution in [2.24, 2.45) is 0 Å². The van der Waals surface area contributed by atoms with Crippen LogP contribution in [0.4, 0.5) is 11.4 Å². The lowest BCUT2D eigenvalue weighted by Gasteiger charge is -2.15. The fourth-order valence-electron chi connectivity index (χ4n) is 2.09. The molecule has 112 valence electrons. The van der Waals surface area contributed by atoms with E-state index < -0.39 is 4.92 Å². The number of rotatable bonds is 7. The minimum absolute atomic E-state index is 0.0268. The molecule has 0 aliphatic heterocycles. The molecule has 0 bridgehead atoms. The number of benzene rings is 1. The van der Waals surface area contributed by atoms with Gasteiger partial charge in [-0.15, -0.1) is 0 Å². The van der Waals surface area contributed by atoms with Gasteiger partial charge in [-0.1, -0.05) is 0 Å². The van der Waals surface area contributed by atoms with Crippen molar-refractivity contribution in [3.63, 3.8) is 0 Å². The molecular formula is C15H18N2O4. The first-order chi connectivity index (χ1) is 10.1. The van der Waals surface area contributed by atoms with Crippen molar-refractivity contribution in [2.45, 2.75) is 26.3 Å². The maximum atomic E-state index is 10.9. The molecule has 1 aromatic heterocycles. The van der Waals surface area contributed by atoms with Crippen LogP contribution in [-0.4, -0.2) is 17.6 Å². The molecule has 0 amide bonds. The number of hydrogen-bond acceptors (Lipinski definition) is 5. The van der Waals surface area contributed by atoms with Crippen molar-refractivity contribution < 1.29 is 14.1 Å². The van der Waals surface area contributed by atoms with Gasteiger partial charge in [0.25, 0.3) is 0 Å². The fourth-order valence-corrected chi connectivity index (χ4v) is 2.09. The monoisotopic (exact) mass is 290 g/mol. The average molecular weight is 290 g/mol. The summed E-state index contributed by atoms with van der Waals surface area (Å²) in [7, 11) is 0. The summed E-state index contributed by atoms with van der Waals surface area (Å²) in [5.74, 6) is 1.17. The summed E-state index contributed by atoms with van der Waals surface area (Å²) in [6, 6.07) is 8.68. The molecule has 0 aliphatic carbocycles. The van der Waals surface area contributed by atoms with Crippen molar-refractivity contribution in [2.75, 3.05) is 11.9 Å². The second-order valence-electron chi connectivity index (χ2n) is 4.70. The Morgan fingerprint density at radius 2 is 2.24 bits per heavy atom. The topological polar surface area (TPSA) is 77.5 Å². The van der Waals surface area contributed by atoms with Crippen molar-refractivity contribution in [1.29, 1.82) is 0 Å². The smallest absolute Gasteiger partial charge is 0.311 e. The summed E-state index contributed by atoms with van der Waals surface area (Å²) in [6.45, 7) is 4.19. The maximum Gasteiger partial charge on any atom is 0.311 e. The summed E-state index contributed by atoms with van der Waals surface area (Å²) < 4.78 is 10.6. The number of ether oxygens (including phenoxy) is 1. The van der Waals surface area contributed by atoms with Crippen LogP contribution in [0.1, 0.15) is 19.6 Å². The minimum atomic E-state index is -0.443. The van der Waals surface area contributed by atoms with E-state index in [4.69, 9.17) is 9.15 Å². The molecule has 1 heterocycles. The van der Waals surface area contributed by atoms with E-state index in [1.807, 2.05) is 19.1 Å². The van der Waals surface area contributed by atoms with E-state index in [1.165, 1.54) is 6.07 Å². The van der Waals surface area contributed by atoms with Gasteiger partial charge in [0.1, 0.15) is 5.76 Å². The third-order valence-electron chi connectivity index (χ3n) is 2.96. The van der Waals surface area contributed by atoms with E-state index in [0.29, 0.717) is 6.61 Å². The number of nitro groups is 1. The van der Waals surface area contributed by atoms with Crippen LogP contribution in [0.25, 0.3) is 0 Å². The van der Waals surface area contributed by atoms with E-state index in [2.05, 4.69) is 5.32 Å². The summed E-state index contributed by atoms with van der Waals surface area (Å²) in [5.41, 5.74) is 0.754. The number of nitrogens with one attached hydrogen (secondary N) is 1. The van der Waals surface area contributed by atoms with Crippen LogP contribution >= 0.6 is 0 Å². The average Bonchev–Trinajstić information content (AvgIpc) is 2.91. The van der Waals surface area contributed by atoms with Gasteiger partial charge in [0.05, 0.1) is 17.8 Å². The first-order valence-corrected chi connectivity index (χ1v) is 6.80. The van der Waals surface area contributed by atoms with E-state index >= 15 is 0 Å². The van der Waals surface area contributed by atoms with E-state index in [-0.39, 0.29) is 17.5 Å². The fraction of sp³-hybridized carbons (Fsp3) is 0.333. The third kappa shape index (κ3) is 3.98. The van der Waals surface area contributed by atoms with Crippen LogP contribution in [0.5, 0.6) is 5.75 Å². The molecule has 0 spiro atoms. The zero-order chi connectivity index (χ0) is 15.2. The summed E-state index contributed by atoms with van der Waals surface area (Å²) >= 11 is 0. The Bertz CT molecular complexity index is 596. The van der Waals surface area contributed by atoms with Gasteiger partial charge in [0.2, 0.25) is 0 Å². The van der Waals surface area contributed by atoms with Crippen LogP contribution in [0.15, 0.2) is 41.0 Å². The first kappa shape index (κ1) is 14.9. The quantitative estimate of drug-likeness (QED) is 0.622. The minimum Gasteiger partial charge on any atom is -0.487 e. The Morgan fingerprint density at radius 3 is 2.86 bits per heavy atom. The first-order valence-electron chi connectivity index (χ1n) is 6.80. The van der Waals surface area contributed by atoms with Gasteiger partial charge in [0.15, 0.2) is 5.75 Å². The van der Waals surface area contributed by atoms with Crippen molar-refractivity contribution in [3.8, 4) is 5.75 Å². The number of anilines is 1. The zero-order valence-electron chi connectivity index (χ0n) is 12.0. The predicted octanol–water partition coefficient (Wildman–Crippen LogP) is 3.63. The number of hydrogen-bond donors (Lipinski definition) is 1. The van der Waals surface area contributed by atoms with E-state index in [9.17, 15) is 10.1 Å². The lowest BCUT2D eigenvalue weighted by molar-refractivity contribution is -0.385. The molecule has 1 aromatic carbocycles. The second kappa shape index (κ2) is 6.78. The summed E-state index contributed by atoms with van der Waals surface area (Å²) in [4.78, 5) is 10.5. The Morgan fingerprint density at radius 1 is 1.43 bits per heavy atom. The van der Waals surface area contributed by atoms with Crippen LogP contribution in [-0.2, 0) is 6.42 Å². The highest BCUT2D eigenvalue weighted by Crippen LogP contribution is 2.30. The highest BCUT2D eigenvalue weighted by atomic mass is 16.6. The Hall–Kier alpha value is -2.50. The molecule has 6 nitrogen and oxygen atoms in total. The van der Waals surface area contributed by atoms with Crippen molar-refractivity contribution >= 4 is 11.4 Å². The standard InChI is InChI=1S/C15H18N2O4/c1-3-20-15-10-12(6-7-14(15)17(18)19)16-11(2)9-13-5-4-8-21-13/h4-8,10-11,16H,3,9H2,1-2H3. The SMILES string of the molecule is CCOc1cc(NC(C)Cc2ccco2)ccc1[N+](=O)[O-]. The molecule has 0 radical (unpaired) electrons. The molecule has 2 aromatic rings. The molecule has 0 saturated heterocycles. The normalized spacial score (nSPS) is 11.9. The highest BCUT2D eigenvalue weighted by molar-refractivity contribution is 5.58. The van der Waals surface area contributed by atoms with Gasteiger partial charge >= 0.3 is 5.69 Å². The summed E-state index contributed by atoms with van der Waals surface area (Å²) in [6.07, 6.45) is 2.37. The van der Waals surface area contributed by atoms with E-state index in [0.717, 1.165) is 17.9 Å². The zero-order valence-corrected chi connectivity index (χ0v) is 12.0. The maximum absolute atomic E-state index is 10.9. The Balaban J connectivity index is 2.09. The lowest BCUT2D eigenvalue weighted by atomic mass is 10.1. The molecule has 21 heavy (non-hydrogen) atoms. The molecule has 1 atom stereocenters.